The zero-order valence-electron chi connectivity index (χ0n) is 12.6. The van der Waals surface area contributed by atoms with Gasteiger partial charge >= 0.3 is 0 Å². The van der Waals surface area contributed by atoms with Gasteiger partial charge in [0.25, 0.3) is 0 Å². The van der Waals surface area contributed by atoms with Gasteiger partial charge in [0.2, 0.25) is 0 Å². The van der Waals surface area contributed by atoms with E-state index in [1.165, 1.54) is 19.3 Å². The fourth-order valence-electron chi connectivity index (χ4n) is 1.69. The number of aliphatic imine (C=N–C) groups is 1. The number of ether oxygens (including phenoxy) is 1. The summed E-state index contributed by atoms with van der Waals surface area (Å²) < 4.78 is 5.02. The van der Waals surface area contributed by atoms with E-state index in [2.05, 4.69) is 29.5 Å². The average molecular weight is 257 g/mol. The largest absolute Gasteiger partial charge is 0.385 e. The van der Waals surface area contributed by atoms with Crippen molar-refractivity contribution in [1.82, 2.24) is 10.6 Å². The minimum absolute atomic E-state index is 0.780. The van der Waals surface area contributed by atoms with Crippen LogP contribution in [-0.2, 0) is 4.74 Å². The van der Waals surface area contributed by atoms with Gasteiger partial charge in [0, 0.05) is 33.9 Å². The summed E-state index contributed by atoms with van der Waals surface area (Å²) >= 11 is 0. The fraction of sp³-hybridized carbons (Fsp3) is 0.929. The van der Waals surface area contributed by atoms with Gasteiger partial charge in [0.15, 0.2) is 5.96 Å². The highest BCUT2D eigenvalue weighted by molar-refractivity contribution is 5.79. The smallest absolute Gasteiger partial charge is 0.190 e. The first-order chi connectivity index (χ1) is 8.70. The van der Waals surface area contributed by atoms with Crippen molar-refractivity contribution >= 4 is 5.96 Å². The van der Waals surface area contributed by atoms with E-state index in [9.17, 15) is 0 Å². The van der Waals surface area contributed by atoms with Crippen LogP contribution in [0.2, 0.25) is 0 Å². The van der Waals surface area contributed by atoms with Gasteiger partial charge < -0.3 is 15.4 Å². The molecule has 0 rings (SSSR count). The molecule has 4 nitrogen and oxygen atoms in total. The Morgan fingerprint density at radius 2 is 1.72 bits per heavy atom. The van der Waals surface area contributed by atoms with Crippen molar-refractivity contribution in [3.05, 3.63) is 0 Å². The number of unbranched alkanes of at least 4 members (excludes halogenated alkanes) is 2. The molecule has 108 valence electrons. The molecule has 4 heteroatoms. The molecule has 18 heavy (non-hydrogen) atoms. The van der Waals surface area contributed by atoms with Crippen LogP contribution in [0.3, 0.4) is 0 Å². The normalized spacial score (nSPS) is 11.9. The molecule has 0 saturated heterocycles. The molecule has 0 aromatic heterocycles. The topological polar surface area (TPSA) is 45.7 Å². The van der Waals surface area contributed by atoms with Gasteiger partial charge in [-0.1, -0.05) is 13.8 Å². The number of methoxy groups -OCH3 is 1. The minimum Gasteiger partial charge on any atom is -0.385 e. The molecule has 0 aromatic rings. The summed E-state index contributed by atoms with van der Waals surface area (Å²) in [7, 11) is 3.57. The van der Waals surface area contributed by atoms with Crippen LogP contribution in [0.4, 0.5) is 0 Å². The lowest BCUT2D eigenvalue weighted by molar-refractivity contribution is 0.192. The predicted octanol–water partition coefficient (Wildman–Crippen LogP) is 2.40. The second kappa shape index (κ2) is 12.7. The van der Waals surface area contributed by atoms with E-state index in [1.807, 2.05) is 7.05 Å². The summed E-state index contributed by atoms with van der Waals surface area (Å²) in [5.41, 5.74) is 0. The Hall–Kier alpha value is -0.770. The molecule has 0 amide bonds. The monoisotopic (exact) mass is 257 g/mol. The van der Waals surface area contributed by atoms with Gasteiger partial charge in [-0.15, -0.1) is 0 Å². The molecule has 0 heterocycles. The third-order valence-corrected chi connectivity index (χ3v) is 2.79. The molecule has 0 aliphatic carbocycles. The van der Waals surface area contributed by atoms with Crippen molar-refractivity contribution in [1.29, 1.82) is 0 Å². The summed E-state index contributed by atoms with van der Waals surface area (Å²) in [6, 6.07) is 0. The predicted molar refractivity (Wildman–Crippen MR) is 79.2 cm³/mol. The van der Waals surface area contributed by atoms with E-state index >= 15 is 0 Å². The summed E-state index contributed by atoms with van der Waals surface area (Å²) in [4.78, 5) is 4.21. The van der Waals surface area contributed by atoms with Crippen LogP contribution < -0.4 is 10.6 Å². The average Bonchev–Trinajstić information content (AvgIpc) is 2.35. The zero-order chi connectivity index (χ0) is 13.6. The third-order valence-electron chi connectivity index (χ3n) is 2.79. The van der Waals surface area contributed by atoms with Gasteiger partial charge in [-0.05, 0) is 38.0 Å². The molecule has 0 aromatic carbocycles. The highest BCUT2D eigenvalue weighted by Gasteiger charge is 1.98. The lowest BCUT2D eigenvalue weighted by Crippen LogP contribution is -2.38. The molecule has 2 N–H and O–H groups in total. The van der Waals surface area contributed by atoms with Crippen molar-refractivity contribution in [2.24, 2.45) is 10.9 Å². The second-order valence-electron chi connectivity index (χ2n) is 5.02. The molecule has 0 fully saturated rings. The summed E-state index contributed by atoms with van der Waals surface area (Å²) in [5.74, 6) is 1.70. The summed E-state index contributed by atoms with van der Waals surface area (Å²) in [6.45, 7) is 7.36. The number of guanidine groups is 1. The Kier molecular flexibility index (Phi) is 12.1. The van der Waals surface area contributed by atoms with Gasteiger partial charge in [-0.2, -0.15) is 0 Å². The Morgan fingerprint density at radius 3 is 2.28 bits per heavy atom. The lowest BCUT2D eigenvalue weighted by Gasteiger charge is -2.12. The second-order valence-corrected chi connectivity index (χ2v) is 5.02. The van der Waals surface area contributed by atoms with E-state index in [0.29, 0.717) is 0 Å². The van der Waals surface area contributed by atoms with Crippen molar-refractivity contribution in [2.45, 2.75) is 46.0 Å². The summed E-state index contributed by atoms with van der Waals surface area (Å²) in [6.07, 6.45) is 5.97. The first-order valence-corrected chi connectivity index (χ1v) is 7.14. The van der Waals surface area contributed by atoms with Gasteiger partial charge in [0.05, 0.1) is 0 Å². The van der Waals surface area contributed by atoms with Crippen LogP contribution in [0.25, 0.3) is 0 Å². The highest BCUT2D eigenvalue weighted by Crippen LogP contribution is 2.01. The molecule has 0 aliphatic rings. The molecular formula is C14H31N3O. The molecule has 0 spiro atoms. The first kappa shape index (κ1) is 17.2. The maximum atomic E-state index is 5.02. The van der Waals surface area contributed by atoms with E-state index in [1.54, 1.807) is 7.11 Å². The highest BCUT2D eigenvalue weighted by atomic mass is 16.5. The number of nitrogens with zero attached hydrogens (tertiary/aromatic N) is 1. The minimum atomic E-state index is 0.780. The van der Waals surface area contributed by atoms with Crippen molar-refractivity contribution in [2.75, 3.05) is 33.9 Å². The van der Waals surface area contributed by atoms with Gasteiger partial charge in [-0.25, -0.2) is 0 Å². The van der Waals surface area contributed by atoms with Crippen molar-refractivity contribution in [3.8, 4) is 0 Å². The fourth-order valence-corrected chi connectivity index (χ4v) is 1.69. The van der Waals surface area contributed by atoms with E-state index < -0.39 is 0 Å². The number of hydrogen-bond donors (Lipinski definition) is 2. The molecule has 0 saturated carbocycles. The summed E-state index contributed by atoms with van der Waals surface area (Å²) in [5, 5.41) is 6.67. The molecule has 0 radical (unpaired) electrons. The number of hydrogen-bond acceptors (Lipinski definition) is 2. The Morgan fingerprint density at radius 1 is 1.06 bits per heavy atom. The van der Waals surface area contributed by atoms with E-state index in [4.69, 9.17) is 4.74 Å². The van der Waals surface area contributed by atoms with Crippen molar-refractivity contribution < 1.29 is 4.74 Å². The van der Waals surface area contributed by atoms with Crippen LogP contribution >= 0.6 is 0 Å². The standard InChI is InChI=1S/C14H31N3O/c1-13(2)9-8-11-17-14(15-3)16-10-6-5-7-12-18-4/h13H,5-12H2,1-4H3,(H2,15,16,17). The molecule has 0 bridgehead atoms. The van der Waals surface area contributed by atoms with Crippen LogP contribution in [0.15, 0.2) is 4.99 Å². The lowest BCUT2D eigenvalue weighted by atomic mass is 10.1. The Labute approximate surface area is 113 Å². The van der Waals surface area contributed by atoms with Crippen LogP contribution in [0.1, 0.15) is 46.0 Å². The number of nitrogens with one attached hydrogen (secondary N) is 2. The number of rotatable bonds is 10. The first-order valence-electron chi connectivity index (χ1n) is 7.14. The van der Waals surface area contributed by atoms with E-state index in [-0.39, 0.29) is 0 Å². The maximum absolute atomic E-state index is 5.02. The third kappa shape index (κ3) is 11.7. The van der Waals surface area contributed by atoms with Crippen molar-refractivity contribution in [3.63, 3.8) is 0 Å². The Bertz CT molecular complexity index is 205. The van der Waals surface area contributed by atoms with Crippen LogP contribution in [-0.4, -0.2) is 39.8 Å². The molecule has 0 atom stereocenters. The molecule has 0 unspecified atom stereocenters. The van der Waals surface area contributed by atoms with Gasteiger partial charge in [0.1, 0.15) is 0 Å². The van der Waals surface area contributed by atoms with Crippen LogP contribution in [0.5, 0.6) is 0 Å². The Balaban J connectivity index is 3.42. The zero-order valence-corrected chi connectivity index (χ0v) is 12.6. The van der Waals surface area contributed by atoms with Crippen LogP contribution in [0, 0.1) is 5.92 Å². The quantitative estimate of drug-likeness (QED) is 0.359. The molecular weight excluding hydrogens is 226 g/mol. The maximum Gasteiger partial charge on any atom is 0.190 e. The molecule has 0 aliphatic heterocycles. The van der Waals surface area contributed by atoms with E-state index in [0.717, 1.165) is 44.4 Å². The van der Waals surface area contributed by atoms with Gasteiger partial charge in [-0.3, -0.25) is 4.99 Å². The SMILES string of the molecule is CN=C(NCCCCCOC)NCCCC(C)C.